The Hall–Kier alpha value is -1.27. The molecule has 0 unspecified atom stereocenters. The molecule has 0 bridgehead atoms. The van der Waals surface area contributed by atoms with Crippen LogP contribution in [0.25, 0.3) is 0 Å². The van der Waals surface area contributed by atoms with Crippen LogP contribution in [0.3, 0.4) is 0 Å². The summed E-state index contributed by atoms with van der Waals surface area (Å²) in [5.74, 6) is 0.802. The molecule has 1 saturated carbocycles. The van der Waals surface area contributed by atoms with Crippen molar-refractivity contribution in [2.45, 2.75) is 75.7 Å². The maximum absolute atomic E-state index is 13.1. The van der Waals surface area contributed by atoms with E-state index in [1.807, 2.05) is 0 Å². The number of carbonyl (C=O) groups is 1. The molecule has 2 aliphatic heterocycles. The predicted octanol–water partition coefficient (Wildman–Crippen LogP) is 5.16. The second-order valence-corrected chi connectivity index (χ2v) is 8.91. The Balaban J connectivity index is 1.42. The highest BCUT2D eigenvalue weighted by molar-refractivity contribution is 6.31. The Morgan fingerprint density at radius 3 is 2.82 bits per heavy atom. The van der Waals surface area contributed by atoms with Crippen LogP contribution in [0.5, 0.6) is 0 Å². The third-order valence-corrected chi connectivity index (χ3v) is 7.29. The standard InChI is InChI=1S/C21H26ClF3N2O/c22-18-6-5-14(11-17(18)21(23,24)25)13-26-16-7-9-20-8-2-10-27(20)19(28)4-1-3-15(20)12-16/h5-6,11,15-16,26H,1-4,7-10,12-13H2/t15-,16+,20+/m0/s1. The molecular weight excluding hydrogens is 389 g/mol. The van der Waals surface area contributed by atoms with Crippen LogP contribution in [-0.4, -0.2) is 28.9 Å². The number of halogens is 4. The van der Waals surface area contributed by atoms with Crippen LogP contribution >= 0.6 is 11.6 Å². The highest BCUT2D eigenvalue weighted by Crippen LogP contribution is 2.49. The molecule has 2 saturated heterocycles. The zero-order valence-corrected chi connectivity index (χ0v) is 16.6. The van der Waals surface area contributed by atoms with Gasteiger partial charge in [0.1, 0.15) is 0 Å². The first-order valence-corrected chi connectivity index (χ1v) is 10.6. The number of rotatable bonds is 3. The molecule has 3 fully saturated rings. The van der Waals surface area contributed by atoms with Crippen molar-refractivity contribution >= 4 is 17.5 Å². The van der Waals surface area contributed by atoms with Crippen molar-refractivity contribution < 1.29 is 18.0 Å². The number of nitrogens with zero attached hydrogens (tertiary/aromatic N) is 1. The fourth-order valence-corrected chi connectivity index (χ4v) is 5.86. The van der Waals surface area contributed by atoms with Gasteiger partial charge in [-0.2, -0.15) is 13.2 Å². The van der Waals surface area contributed by atoms with Crippen molar-refractivity contribution in [3.63, 3.8) is 0 Å². The molecule has 7 heteroatoms. The van der Waals surface area contributed by atoms with Crippen molar-refractivity contribution in [2.75, 3.05) is 6.54 Å². The molecule has 3 aliphatic rings. The van der Waals surface area contributed by atoms with Crippen LogP contribution in [0.2, 0.25) is 5.02 Å². The van der Waals surface area contributed by atoms with E-state index in [0.29, 0.717) is 30.4 Å². The molecule has 1 aromatic carbocycles. The summed E-state index contributed by atoms with van der Waals surface area (Å²) in [5.41, 5.74) is -0.148. The van der Waals surface area contributed by atoms with Gasteiger partial charge in [0.25, 0.3) is 0 Å². The SMILES string of the molecule is O=C1CCC[C@H]2C[C@H](NCc3ccc(Cl)c(C(F)(F)F)c3)CC[C@]23CCCN13. The van der Waals surface area contributed by atoms with Gasteiger partial charge in [0.05, 0.1) is 10.6 Å². The van der Waals surface area contributed by atoms with Gasteiger partial charge in [-0.05, 0) is 68.6 Å². The molecule has 1 aromatic rings. The molecule has 3 atom stereocenters. The molecular formula is C21H26ClF3N2O. The fourth-order valence-electron chi connectivity index (χ4n) is 5.64. The lowest BCUT2D eigenvalue weighted by atomic mass is 9.68. The highest BCUT2D eigenvalue weighted by Gasteiger charge is 2.52. The Bertz CT molecular complexity index is 754. The Morgan fingerprint density at radius 2 is 2.04 bits per heavy atom. The quantitative estimate of drug-likeness (QED) is 0.740. The first-order chi connectivity index (χ1) is 13.3. The zero-order valence-electron chi connectivity index (χ0n) is 15.8. The summed E-state index contributed by atoms with van der Waals surface area (Å²) < 4.78 is 39.2. The molecule has 1 spiro atoms. The maximum Gasteiger partial charge on any atom is 0.417 e. The number of hydrogen-bond acceptors (Lipinski definition) is 2. The van der Waals surface area contributed by atoms with Gasteiger partial charge in [0, 0.05) is 31.1 Å². The normalized spacial score (nSPS) is 30.7. The Kier molecular flexibility index (Phi) is 5.38. The second-order valence-electron chi connectivity index (χ2n) is 8.51. The van der Waals surface area contributed by atoms with Crippen LogP contribution in [-0.2, 0) is 17.5 Å². The summed E-state index contributed by atoms with van der Waals surface area (Å²) in [6.45, 7) is 1.28. The molecule has 0 aromatic heterocycles. The number of alkyl halides is 3. The third kappa shape index (κ3) is 3.65. The second kappa shape index (κ2) is 7.52. The van der Waals surface area contributed by atoms with Crippen molar-refractivity contribution in [2.24, 2.45) is 5.92 Å². The van der Waals surface area contributed by atoms with E-state index in [0.717, 1.165) is 57.6 Å². The molecule has 1 aliphatic carbocycles. The molecule has 1 N–H and O–H groups in total. The summed E-state index contributed by atoms with van der Waals surface area (Å²) in [6.07, 6.45) is 3.36. The monoisotopic (exact) mass is 414 g/mol. The van der Waals surface area contributed by atoms with Crippen LogP contribution in [0.1, 0.15) is 62.5 Å². The predicted molar refractivity (Wildman–Crippen MR) is 102 cm³/mol. The lowest BCUT2D eigenvalue weighted by Crippen LogP contribution is -2.55. The third-order valence-electron chi connectivity index (χ3n) is 6.96. The number of nitrogens with one attached hydrogen (secondary N) is 1. The van der Waals surface area contributed by atoms with Gasteiger partial charge in [0.15, 0.2) is 0 Å². The van der Waals surface area contributed by atoms with Gasteiger partial charge in [-0.3, -0.25) is 4.79 Å². The van der Waals surface area contributed by atoms with Gasteiger partial charge < -0.3 is 10.2 Å². The number of carbonyl (C=O) groups excluding carboxylic acids is 1. The van der Waals surface area contributed by atoms with Crippen LogP contribution < -0.4 is 5.32 Å². The van der Waals surface area contributed by atoms with E-state index in [1.165, 1.54) is 6.07 Å². The van der Waals surface area contributed by atoms with E-state index < -0.39 is 11.7 Å². The van der Waals surface area contributed by atoms with Gasteiger partial charge in [-0.1, -0.05) is 17.7 Å². The van der Waals surface area contributed by atoms with Crippen molar-refractivity contribution in [1.82, 2.24) is 10.2 Å². The van der Waals surface area contributed by atoms with Gasteiger partial charge in [-0.15, -0.1) is 0 Å². The summed E-state index contributed by atoms with van der Waals surface area (Å²) in [4.78, 5) is 14.6. The van der Waals surface area contributed by atoms with Gasteiger partial charge in [0.2, 0.25) is 5.91 Å². The lowest BCUT2D eigenvalue weighted by Gasteiger charge is -2.48. The van der Waals surface area contributed by atoms with E-state index in [1.54, 1.807) is 6.07 Å². The van der Waals surface area contributed by atoms with E-state index in [-0.39, 0.29) is 16.6 Å². The number of hydrogen-bond donors (Lipinski definition) is 1. The van der Waals surface area contributed by atoms with E-state index >= 15 is 0 Å². The molecule has 3 nitrogen and oxygen atoms in total. The minimum atomic E-state index is -4.44. The van der Waals surface area contributed by atoms with Crippen LogP contribution in [0, 0.1) is 5.92 Å². The average Bonchev–Trinajstić information content (AvgIpc) is 3.01. The van der Waals surface area contributed by atoms with Crippen molar-refractivity contribution in [1.29, 1.82) is 0 Å². The molecule has 0 radical (unpaired) electrons. The Morgan fingerprint density at radius 1 is 1.21 bits per heavy atom. The van der Waals surface area contributed by atoms with Crippen LogP contribution in [0.4, 0.5) is 13.2 Å². The topological polar surface area (TPSA) is 32.3 Å². The maximum atomic E-state index is 13.1. The smallest absolute Gasteiger partial charge is 0.337 e. The molecule has 4 rings (SSSR count). The Labute approximate surface area is 168 Å². The summed E-state index contributed by atoms with van der Waals surface area (Å²) in [6, 6.07) is 4.39. The lowest BCUT2D eigenvalue weighted by molar-refractivity contribution is -0.138. The largest absolute Gasteiger partial charge is 0.417 e. The minimum Gasteiger partial charge on any atom is -0.337 e. The molecule has 154 valence electrons. The van der Waals surface area contributed by atoms with Crippen molar-refractivity contribution in [3.05, 3.63) is 34.3 Å². The molecule has 2 heterocycles. The summed E-state index contributed by atoms with van der Waals surface area (Å²) >= 11 is 5.71. The number of amides is 1. The zero-order chi connectivity index (χ0) is 19.9. The van der Waals surface area contributed by atoms with E-state index in [2.05, 4.69) is 10.2 Å². The van der Waals surface area contributed by atoms with Crippen molar-refractivity contribution in [3.8, 4) is 0 Å². The minimum absolute atomic E-state index is 0.0372. The average molecular weight is 415 g/mol. The first-order valence-electron chi connectivity index (χ1n) is 10.2. The summed E-state index contributed by atoms with van der Waals surface area (Å²) in [5, 5.41) is 3.20. The van der Waals surface area contributed by atoms with Gasteiger partial charge in [-0.25, -0.2) is 0 Å². The fraction of sp³-hybridized carbons (Fsp3) is 0.667. The number of benzene rings is 1. The summed E-state index contributed by atoms with van der Waals surface area (Å²) in [7, 11) is 0. The highest BCUT2D eigenvalue weighted by atomic mass is 35.5. The first kappa shape index (κ1) is 20.0. The molecule has 28 heavy (non-hydrogen) atoms. The van der Waals surface area contributed by atoms with Crippen LogP contribution in [0.15, 0.2) is 18.2 Å². The molecule has 1 amide bonds. The van der Waals surface area contributed by atoms with E-state index in [4.69, 9.17) is 11.6 Å². The van der Waals surface area contributed by atoms with E-state index in [9.17, 15) is 18.0 Å². The van der Waals surface area contributed by atoms with Gasteiger partial charge >= 0.3 is 6.18 Å².